The number of anilines is 1. The Hall–Kier alpha value is -3.51. The number of nitrogens with zero attached hydrogens (tertiary/aromatic N) is 2. The number of hydrogen-bond donors (Lipinski definition) is 1. The lowest BCUT2D eigenvalue weighted by molar-refractivity contribution is -0.119. The molecule has 7 heteroatoms. The fourth-order valence-electron chi connectivity index (χ4n) is 5.25. The van der Waals surface area contributed by atoms with Crippen molar-refractivity contribution in [2.75, 3.05) is 24.5 Å². The van der Waals surface area contributed by atoms with Gasteiger partial charge in [0.05, 0.1) is 0 Å². The fourth-order valence-corrected chi connectivity index (χ4v) is 5.38. The van der Waals surface area contributed by atoms with Gasteiger partial charge in [0.1, 0.15) is 5.60 Å². The minimum absolute atomic E-state index is 0.0478. The van der Waals surface area contributed by atoms with E-state index in [1.54, 1.807) is 0 Å². The van der Waals surface area contributed by atoms with Crippen LogP contribution in [0.25, 0.3) is 0 Å². The molecule has 3 aromatic carbocycles. The van der Waals surface area contributed by atoms with Crippen molar-refractivity contribution in [1.82, 2.24) is 10.2 Å². The largest absolute Gasteiger partial charge is 0.444 e. The predicted molar refractivity (Wildman–Crippen MR) is 161 cm³/mol. The van der Waals surface area contributed by atoms with Crippen molar-refractivity contribution in [2.45, 2.75) is 52.8 Å². The number of likely N-dealkylation sites (tertiary alicyclic amines) is 1. The average Bonchev–Trinajstić information content (AvgIpc) is 3.30. The highest BCUT2D eigenvalue weighted by Crippen LogP contribution is 2.31. The number of rotatable bonds is 9. The van der Waals surface area contributed by atoms with Gasteiger partial charge in [-0.25, -0.2) is 4.79 Å². The third kappa shape index (κ3) is 8.75. The Morgan fingerprint density at radius 2 is 1.57 bits per heavy atom. The summed E-state index contributed by atoms with van der Waals surface area (Å²) in [5.41, 5.74) is 4.02. The van der Waals surface area contributed by atoms with E-state index in [2.05, 4.69) is 58.7 Å². The molecule has 1 saturated heterocycles. The molecule has 212 valence electrons. The van der Waals surface area contributed by atoms with Crippen LogP contribution >= 0.6 is 11.6 Å². The van der Waals surface area contributed by atoms with Gasteiger partial charge in [0.2, 0.25) is 5.91 Å². The third-order valence-electron chi connectivity index (χ3n) is 7.12. The number of hydrogen-bond acceptors (Lipinski definition) is 4. The average molecular weight is 562 g/mol. The van der Waals surface area contributed by atoms with Crippen LogP contribution in [0.5, 0.6) is 0 Å². The first kappa shape index (κ1) is 29.5. The van der Waals surface area contributed by atoms with Gasteiger partial charge in [-0.1, -0.05) is 66.2 Å². The summed E-state index contributed by atoms with van der Waals surface area (Å²) in [7, 11) is 0. The zero-order valence-corrected chi connectivity index (χ0v) is 24.7. The lowest BCUT2D eigenvalue weighted by Crippen LogP contribution is -2.36. The van der Waals surface area contributed by atoms with E-state index >= 15 is 0 Å². The lowest BCUT2D eigenvalue weighted by atomic mass is 9.89. The van der Waals surface area contributed by atoms with Crippen LogP contribution in [0.4, 0.5) is 10.5 Å². The van der Waals surface area contributed by atoms with Crippen LogP contribution in [0.2, 0.25) is 5.02 Å². The summed E-state index contributed by atoms with van der Waals surface area (Å²) in [6.07, 6.45) is 0.641. The smallest absolute Gasteiger partial charge is 0.410 e. The minimum atomic E-state index is -0.540. The molecule has 2 amide bonds. The highest BCUT2D eigenvalue weighted by molar-refractivity contribution is 6.30. The van der Waals surface area contributed by atoms with E-state index in [1.165, 1.54) is 12.5 Å². The third-order valence-corrected chi connectivity index (χ3v) is 7.37. The number of carbonyl (C=O) groups excluding carboxylic acids is 2. The molecule has 1 aliphatic rings. The molecule has 0 spiro atoms. The quantitative estimate of drug-likeness (QED) is 0.315. The second-order valence-corrected chi connectivity index (χ2v) is 12.1. The summed E-state index contributed by atoms with van der Waals surface area (Å²) in [4.78, 5) is 28.8. The molecule has 0 radical (unpaired) electrons. The van der Waals surface area contributed by atoms with Gasteiger partial charge in [-0.3, -0.25) is 4.79 Å². The first-order valence-corrected chi connectivity index (χ1v) is 14.3. The SMILES string of the molecule is CC(=O)NCc1cccc(CN(CC2CN(C(=O)OC(C)(C)C)CC2Cc2ccccc2)c2ccc(Cl)cc2)c1. The molecular formula is C33H40ClN3O3. The van der Waals surface area contributed by atoms with Crippen molar-refractivity contribution in [1.29, 1.82) is 0 Å². The van der Waals surface area contributed by atoms with Crippen molar-refractivity contribution in [3.63, 3.8) is 0 Å². The van der Waals surface area contributed by atoms with Gasteiger partial charge in [-0.2, -0.15) is 0 Å². The van der Waals surface area contributed by atoms with Crippen LogP contribution in [0.1, 0.15) is 44.4 Å². The fraction of sp³-hybridized carbons (Fsp3) is 0.394. The van der Waals surface area contributed by atoms with E-state index in [1.807, 2.05) is 56.0 Å². The first-order chi connectivity index (χ1) is 19.1. The van der Waals surface area contributed by atoms with Gasteiger partial charge in [-0.05, 0) is 80.0 Å². The predicted octanol–water partition coefficient (Wildman–Crippen LogP) is 6.71. The van der Waals surface area contributed by atoms with Gasteiger partial charge in [0.25, 0.3) is 0 Å². The molecule has 2 atom stereocenters. The molecule has 1 N–H and O–H groups in total. The van der Waals surface area contributed by atoms with Crippen molar-refractivity contribution in [3.05, 3.63) is 101 Å². The number of benzene rings is 3. The van der Waals surface area contributed by atoms with Crippen LogP contribution in [-0.2, 0) is 29.0 Å². The van der Waals surface area contributed by atoms with Crippen molar-refractivity contribution >= 4 is 29.3 Å². The molecule has 2 unspecified atom stereocenters. The highest BCUT2D eigenvalue weighted by Gasteiger charge is 2.38. The first-order valence-electron chi connectivity index (χ1n) is 13.9. The molecule has 3 aromatic rings. The molecule has 4 rings (SSSR count). The summed E-state index contributed by atoms with van der Waals surface area (Å²) in [6, 6.07) is 26.7. The molecule has 0 aromatic heterocycles. The molecule has 1 aliphatic heterocycles. The molecule has 6 nitrogen and oxygen atoms in total. The molecule has 1 heterocycles. The maximum Gasteiger partial charge on any atom is 0.410 e. The van der Waals surface area contributed by atoms with Crippen molar-refractivity contribution in [2.24, 2.45) is 11.8 Å². The van der Waals surface area contributed by atoms with Crippen LogP contribution in [-0.4, -0.2) is 42.1 Å². The summed E-state index contributed by atoms with van der Waals surface area (Å²) in [5, 5.41) is 3.58. The molecule has 1 fully saturated rings. The molecule has 0 aliphatic carbocycles. The van der Waals surface area contributed by atoms with Gasteiger partial charge >= 0.3 is 6.09 Å². The van der Waals surface area contributed by atoms with E-state index in [9.17, 15) is 9.59 Å². The summed E-state index contributed by atoms with van der Waals surface area (Å²) in [6.45, 7) is 10.5. The number of carbonyl (C=O) groups is 2. The number of nitrogens with one attached hydrogen (secondary N) is 1. The second kappa shape index (κ2) is 13.2. The van der Waals surface area contributed by atoms with Crippen LogP contribution in [0, 0.1) is 11.8 Å². The summed E-state index contributed by atoms with van der Waals surface area (Å²) in [5.74, 6) is 0.482. The highest BCUT2D eigenvalue weighted by atomic mass is 35.5. The number of ether oxygens (including phenoxy) is 1. The monoisotopic (exact) mass is 561 g/mol. The van der Waals surface area contributed by atoms with Gasteiger partial charge in [0, 0.05) is 50.4 Å². The van der Waals surface area contributed by atoms with E-state index in [0.29, 0.717) is 31.2 Å². The maximum atomic E-state index is 13.1. The lowest BCUT2D eigenvalue weighted by Gasteiger charge is -2.30. The van der Waals surface area contributed by atoms with Crippen LogP contribution in [0.15, 0.2) is 78.9 Å². The zero-order chi connectivity index (χ0) is 28.7. The number of amides is 2. The Labute approximate surface area is 243 Å². The topological polar surface area (TPSA) is 61.9 Å². The Balaban J connectivity index is 1.58. The minimum Gasteiger partial charge on any atom is -0.444 e. The zero-order valence-electron chi connectivity index (χ0n) is 23.9. The standard InChI is InChI=1S/C33H40ClN3O3/c1-24(38)35-19-26-11-8-12-27(17-26)20-36(31-15-13-30(34)14-16-31)22-29-23-37(32(39)40-33(2,3)4)21-28(29)18-25-9-6-5-7-10-25/h5-17,28-29H,18-23H2,1-4H3,(H,35,38). The summed E-state index contributed by atoms with van der Waals surface area (Å²) < 4.78 is 5.75. The van der Waals surface area contributed by atoms with Gasteiger partial charge in [-0.15, -0.1) is 0 Å². The van der Waals surface area contributed by atoms with E-state index in [4.69, 9.17) is 16.3 Å². The Kier molecular flexibility index (Phi) is 9.75. The molecule has 0 bridgehead atoms. The molecule has 40 heavy (non-hydrogen) atoms. The molecule has 0 saturated carbocycles. The maximum absolute atomic E-state index is 13.1. The van der Waals surface area contributed by atoms with E-state index < -0.39 is 5.60 Å². The van der Waals surface area contributed by atoms with E-state index in [0.717, 1.165) is 29.8 Å². The van der Waals surface area contributed by atoms with Crippen LogP contribution in [0.3, 0.4) is 0 Å². The van der Waals surface area contributed by atoms with Crippen molar-refractivity contribution < 1.29 is 14.3 Å². The number of halogens is 1. The van der Waals surface area contributed by atoms with E-state index in [-0.39, 0.29) is 23.8 Å². The summed E-state index contributed by atoms with van der Waals surface area (Å²) >= 11 is 6.24. The molecular weight excluding hydrogens is 522 g/mol. The Bertz CT molecular complexity index is 1270. The van der Waals surface area contributed by atoms with Gasteiger partial charge in [0.15, 0.2) is 0 Å². The normalized spacial score (nSPS) is 17.0. The van der Waals surface area contributed by atoms with Crippen LogP contribution < -0.4 is 10.2 Å². The Morgan fingerprint density at radius 3 is 2.25 bits per heavy atom. The van der Waals surface area contributed by atoms with Crippen molar-refractivity contribution in [3.8, 4) is 0 Å². The Morgan fingerprint density at radius 1 is 0.925 bits per heavy atom. The van der Waals surface area contributed by atoms with Gasteiger partial charge < -0.3 is 19.9 Å². The second-order valence-electron chi connectivity index (χ2n) is 11.7.